The zero-order valence-corrected chi connectivity index (χ0v) is 13.6. The van der Waals surface area contributed by atoms with E-state index in [9.17, 15) is 0 Å². The van der Waals surface area contributed by atoms with Gasteiger partial charge in [-0.25, -0.2) is 15.0 Å². The smallest absolute Gasteiger partial charge is 0.180 e. The van der Waals surface area contributed by atoms with E-state index < -0.39 is 0 Å². The summed E-state index contributed by atoms with van der Waals surface area (Å²) >= 11 is 0. The first-order valence-corrected chi connectivity index (χ1v) is 7.65. The minimum atomic E-state index is 0.336. The molecule has 0 spiro atoms. The maximum absolute atomic E-state index is 4.73. The molecule has 21 heavy (non-hydrogen) atoms. The summed E-state index contributed by atoms with van der Waals surface area (Å²) in [4.78, 5) is 13.6. The lowest BCUT2D eigenvalue weighted by atomic mass is 10.1. The van der Waals surface area contributed by atoms with Gasteiger partial charge in [0, 0.05) is 24.3 Å². The van der Waals surface area contributed by atoms with Gasteiger partial charge in [0.2, 0.25) is 0 Å². The van der Waals surface area contributed by atoms with E-state index in [-0.39, 0.29) is 0 Å². The lowest BCUT2D eigenvalue weighted by molar-refractivity contribution is 0.601. The number of hydrogen-bond donors (Lipinski definition) is 1. The highest BCUT2D eigenvalue weighted by Crippen LogP contribution is 2.22. The second-order valence-electron chi connectivity index (χ2n) is 5.98. The predicted octanol–water partition coefficient (Wildman–Crippen LogP) is 3.55. The van der Waals surface area contributed by atoms with Gasteiger partial charge in [-0.2, -0.15) is 0 Å². The molecule has 0 aliphatic rings. The van der Waals surface area contributed by atoms with Gasteiger partial charge in [-0.3, -0.25) is 0 Å². The minimum absolute atomic E-state index is 0.336. The molecule has 2 aromatic rings. The van der Waals surface area contributed by atoms with Crippen molar-refractivity contribution in [2.24, 2.45) is 5.92 Å². The van der Waals surface area contributed by atoms with E-state index in [1.807, 2.05) is 18.6 Å². The molecule has 0 fully saturated rings. The average molecular weight is 287 g/mol. The first-order chi connectivity index (χ1) is 10.0. The highest BCUT2D eigenvalue weighted by molar-refractivity contribution is 5.53. The van der Waals surface area contributed by atoms with Gasteiger partial charge in [0.25, 0.3) is 0 Å². The van der Waals surface area contributed by atoms with Crippen molar-refractivity contribution < 1.29 is 0 Å². The van der Waals surface area contributed by atoms with E-state index >= 15 is 0 Å². The summed E-state index contributed by atoms with van der Waals surface area (Å²) in [5.74, 6) is 2.20. The molecule has 114 valence electrons. The van der Waals surface area contributed by atoms with Crippen molar-refractivity contribution in [1.82, 2.24) is 19.5 Å². The second-order valence-corrected chi connectivity index (χ2v) is 5.98. The SMILES string of the molecule is CCNc1cc(CC(C)C)nc(-c2cncn2C(C)C)n1. The Morgan fingerprint density at radius 3 is 2.57 bits per heavy atom. The average Bonchev–Trinajstić information content (AvgIpc) is 2.87. The van der Waals surface area contributed by atoms with E-state index in [0.717, 1.165) is 36.0 Å². The molecule has 0 aliphatic carbocycles. The number of aromatic nitrogens is 4. The van der Waals surface area contributed by atoms with Crippen LogP contribution in [-0.2, 0) is 6.42 Å². The zero-order chi connectivity index (χ0) is 15.4. The maximum atomic E-state index is 4.73. The van der Waals surface area contributed by atoms with Crippen LogP contribution in [0.15, 0.2) is 18.6 Å². The second kappa shape index (κ2) is 6.70. The van der Waals surface area contributed by atoms with Crippen LogP contribution >= 0.6 is 0 Å². The molecule has 2 heterocycles. The minimum Gasteiger partial charge on any atom is -0.370 e. The van der Waals surface area contributed by atoms with Crippen LogP contribution in [0.1, 0.15) is 46.4 Å². The molecule has 2 aromatic heterocycles. The molecule has 0 atom stereocenters. The highest BCUT2D eigenvalue weighted by Gasteiger charge is 2.13. The number of nitrogens with zero attached hydrogens (tertiary/aromatic N) is 4. The Morgan fingerprint density at radius 2 is 1.95 bits per heavy atom. The third kappa shape index (κ3) is 3.80. The van der Waals surface area contributed by atoms with Crippen LogP contribution < -0.4 is 5.32 Å². The predicted molar refractivity (Wildman–Crippen MR) is 86.3 cm³/mol. The van der Waals surface area contributed by atoms with E-state index in [2.05, 4.69) is 54.5 Å². The molecule has 0 aromatic carbocycles. The quantitative estimate of drug-likeness (QED) is 0.882. The first kappa shape index (κ1) is 15.5. The van der Waals surface area contributed by atoms with Crippen molar-refractivity contribution in [3.63, 3.8) is 0 Å². The summed E-state index contributed by atoms with van der Waals surface area (Å²) in [6.45, 7) is 11.6. The molecule has 0 saturated carbocycles. The topological polar surface area (TPSA) is 55.6 Å². The lowest BCUT2D eigenvalue weighted by Gasteiger charge is -2.13. The molecule has 0 amide bonds. The van der Waals surface area contributed by atoms with Gasteiger partial charge in [-0.15, -0.1) is 0 Å². The molecule has 0 aliphatic heterocycles. The van der Waals surface area contributed by atoms with Crippen LogP contribution in [0.5, 0.6) is 0 Å². The normalized spacial score (nSPS) is 11.4. The molecular formula is C16H25N5. The summed E-state index contributed by atoms with van der Waals surface area (Å²) in [7, 11) is 0. The molecule has 0 radical (unpaired) electrons. The molecule has 5 heteroatoms. The van der Waals surface area contributed by atoms with Crippen LogP contribution in [0.25, 0.3) is 11.5 Å². The number of hydrogen-bond acceptors (Lipinski definition) is 4. The van der Waals surface area contributed by atoms with Crippen LogP contribution in [0, 0.1) is 5.92 Å². The van der Waals surface area contributed by atoms with Gasteiger partial charge in [0.15, 0.2) is 5.82 Å². The van der Waals surface area contributed by atoms with Crippen LogP contribution in [0.4, 0.5) is 5.82 Å². The van der Waals surface area contributed by atoms with Crippen molar-refractivity contribution in [2.75, 3.05) is 11.9 Å². The summed E-state index contributed by atoms with van der Waals surface area (Å²) in [6, 6.07) is 2.38. The Labute approximate surface area is 126 Å². The third-order valence-corrected chi connectivity index (χ3v) is 3.21. The summed E-state index contributed by atoms with van der Waals surface area (Å²) in [5, 5.41) is 3.29. The Morgan fingerprint density at radius 1 is 1.19 bits per heavy atom. The largest absolute Gasteiger partial charge is 0.370 e. The fraction of sp³-hybridized carbons (Fsp3) is 0.562. The van der Waals surface area contributed by atoms with Crippen molar-refractivity contribution in [3.8, 4) is 11.5 Å². The highest BCUT2D eigenvalue weighted by atomic mass is 15.1. The Hall–Kier alpha value is -1.91. The zero-order valence-electron chi connectivity index (χ0n) is 13.6. The van der Waals surface area contributed by atoms with Gasteiger partial charge in [0.1, 0.15) is 11.5 Å². The van der Waals surface area contributed by atoms with E-state index in [1.54, 1.807) is 0 Å². The summed E-state index contributed by atoms with van der Waals surface area (Å²) in [5.41, 5.74) is 2.04. The molecule has 0 unspecified atom stereocenters. The molecule has 2 rings (SSSR count). The monoisotopic (exact) mass is 287 g/mol. The van der Waals surface area contributed by atoms with Crippen molar-refractivity contribution >= 4 is 5.82 Å². The Balaban J connectivity index is 2.46. The number of rotatable bonds is 6. The van der Waals surface area contributed by atoms with Gasteiger partial charge in [0.05, 0.1) is 12.5 Å². The van der Waals surface area contributed by atoms with Crippen molar-refractivity contribution in [1.29, 1.82) is 0 Å². The standard InChI is InChI=1S/C16H25N5/c1-6-18-15-8-13(7-11(2)3)19-16(20-15)14-9-17-10-21(14)12(4)5/h8-12H,6-7H2,1-5H3,(H,18,19,20). The number of anilines is 1. The van der Waals surface area contributed by atoms with Crippen molar-refractivity contribution in [3.05, 3.63) is 24.3 Å². The number of nitrogens with one attached hydrogen (secondary N) is 1. The van der Waals surface area contributed by atoms with Crippen LogP contribution in [0.2, 0.25) is 0 Å². The van der Waals surface area contributed by atoms with Gasteiger partial charge < -0.3 is 9.88 Å². The summed E-state index contributed by atoms with van der Waals surface area (Å²) in [6.07, 6.45) is 4.62. The van der Waals surface area contributed by atoms with Crippen LogP contribution in [0.3, 0.4) is 0 Å². The van der Waals surface area contributed by atoms with E-state index in [1.165, 1.54) is 0 Å². The Kier molecular flexibility index (Phi) is 4.94. The molecule has 0 bridgehead atoms. The van der Waals surface area contributed by atoms with Gasteiger partial charge in [-0.05, 0) is 33.1 Å². The van der Waals surface area contributed by atoms with E-state index in [4.69, 9.17) is 4.98 Å². The van der Waals surface area contributed by atoms with Crippen LogP contribution in [-0.4, -0.2) is 26.1 Å². The Bertz CT molecular complexity index is 586. The maximum Gasteiger partial charge on any atom is 0.180 e. The molecule has 0 saturated heterocycles. The fourth-order valence-electron chi connectivity index (χ4n) is 2.30. The van der Waals surface area contributed by atoms with E-state index in [0.29, 0.717) is 12.0 Å². The third-order valence-electron chi connectivity index (χ3n) is 3.21. The molecule has 5 nitrogen and oxygen atoms in total. The number of imidazole rings is 1. The summed E-state index contributed by atoms with van der Waals surface area (Å²) < 4.78 is 2.10. The van der Waals surface area contributed by atoms with Gasteiger partial charge in [-0.1, -0.05) is 13.8 Å². The van der Waals surface area contributed by atoms with Gasteiger partial charge >= 0.3 is 0 Å². The van der Waals surface area contributed by atoms with Crippen molar-refractivity contribution in [2.45, 2.75) is 47.1 Å². The molecular weight excluding hydrogens is 262 g/mol. The lowest BCUT2D eigenvalue weighted by Crippen LogP contribution is -2.08. The first-order valence-electron chi connectivity index (χ1n) is 7.65. The fourth-order valence-corrected chi connectivity index (χ4v) is 2.30. The molecule has 1 N–H and O–H groups in total.